The first-order chi connectivity index (χ1) is 9.26. The predicted molar refractivity (Wildman–Crippen MR) is 73.2 cm³/mol. The van der Waals surface area contributed by atoms with E-state index < -0.39 is 0 Å². The SMILES string of the molecule is Cn1ncc(C(Cc2ccc3c(c2)CCC3)NN)n1. The van der Waals surface area contributed by atoms with E-state index in [4.69, 9.17) is 5.84 Å². The van der Waals surface area contributed by atoms with E-state index in [1.165, 1.54) is 36.0 Å². The topological polar surface area (TPSA) is 68.8 Å². The van der Waals surface area contributed by atoms with Gasteiger partial charge in [-0.3, -0.25) is 11.3 Å². The molecule has 1 heterocycles. The van der Waals surface area contributed by atoms with Gasteiger partial charge in [-0.2, -0.15) is 15.0 Å². The molecule has 1 unspecified atom stereocenters. The first-order valence-electron chi connectivity index (χ1n) is 6.69. The van der Waals surface area contributed by atoms with Crippen LogP contribution in [0.2, 0.25) is 0 Å². The van der Waals surface area contributed by atoms with Gasteiger partial charge in [-0.05, 0) is 42.4 Å². The van der Waals surface area contributed by atoms with Crippen molar-refractivity contribution in [3.05, 3.63) is 46.8 Å². The molecule has 19 heavy (non-hydrogen) atoms. The fraction of sp³-hybridized carbons (Fsp3) is 0.429. The van der Waals surface area contributed by atoms with Crippen molar-refractivity contribution in [2.75, 3.05) is 0 Å². The van der Waals surface area contributed by atoms with Crippen LogP contribution in [-0.2, 0) is 26.3 Å². The first-order valence-corrected chi connectivity index (χ1v) is 6.69. The second-order valence-electron chi connectivity index (χ2n) is 5.14. The van der Waals surface area contributed by atoms with Crippen LogP contribution in [0, 0.1) is 0 Å². The molecule has 3 rings (SSSR count). The molecule has 1 atom stereocenters. The lowest BCUT2D eigenvalue weighted by atomic mass is 10.00. The number of aryl methyl sites for hydroxylation is 3. The van der Waals surface area contributed by atoms with E-state index in [-0.39, 0.29) is 6.04 Å². The van der Waals surface area contributed by atoms with Gasteiger partial charge in [0.05, 0.1) is 12.2 Å². The van der Waals surface area contributed by atoms with E-state index in [1.807, 2.05) is 7.05 Å². The minimum Gasteiger partial charge on any atom is -0.271 e. The summed E-state index contributed by atoms with van der Waals surface area (Å²) in [6, 6.07) is 6.77. The van der Waals surface area contributed by atoms with Crippen LogP contribution in [0.4, 0.5) is 0 Å². The molecule has 0 saturated carbocycles. The van der Waals surface area contributed by atoms with Crippen LogP contribution in [0.5, 0.6) is 0 Å². The molecule has 5 heteroatoms. The molecule has 3 N–H and O–H groups in total. The van der Waals surface area contributed by atoms with Gasteiger partial charge in [-0.15, -0.1) is 0 Å². The highest BCUT2D eigenvalue weighted by Crippen LogP contribution is 2.24. The molecule has 0 saturated heterocycles. The van der Waals surface area contributed by atoms with Gasteiger partial charge in [0.2, 0.25) is 0 Å². The lowest BCUT2D eigenvalue weighted by Crippen LogP contribution is -2.30. The Morgan fingerprint density at radius 1 is 1.37 bits per heavy atom. The van der Waals surface area contributed by atoms with Crippen molar-refractivity contribution in [1.82, 2.24) is 20.4 Å². The number of nitrogens with two attached hydrogens (primary N) is 1. The Morgan fingerprint density at radius 3 is 2.95 bits per heavy atom. The van der Waals surface area contributed by atoms with Crippen LogP contribution in [0.25, 0.3) is 0 Å². The number of rotatable bonds is 4. The van der Waals surface area contributed by atoms with E-state index in [0.717, 1.165) is 12.1 Å². The highest BCUT2D eigenvalue weighted by atomic mass is 15.5. The van der Waals surface area contributed by atoms with E-state index in [2.05, 4.69) is 33.8 Å². The predicted octanol–water partition coefficient (Wildman–Crippen LogP) is 1.05. The molecule has 2 aromatic rings. The molecule has 0 amide bonds. The Kier molecular flexibility index (Phi) is 3.31. The number of hydrazine groups is 1. The number of benzene rings is 1. The average molecular weight is 257 g/mol. The maximum Gasteiger partial charge on any atom is 0.101 e. The summed E-state index contributed by atoms with van der Waals surface area (Å²) >= 11 is 0. The molecule has 0 aliphatic heterocycles. The van der Waals surface area contributed by atoms with Crippen LogP contribution >= 0.6 is 0 Å². The summed E-state index contributed by atoms with van der Waals surface area (Å²) in [5.74, 6) is 5.65. The third-order valence-corrected chi connectivity index (χ3v) is 3.78. The zero-order valence-corrected chi connectivity index (χ0v) is 11.1. The van der Waals surface area contributed by atoms with Crippen LogP contribution in [0.1, 0.15) is 34.8 Å². The van der Waals surface area contributed by atoms with Crippen LogP contribution < -0.4 is 11.3 Å². The summed E-state index contributed by atoms with van der Waals surface area (Å²) in [6.07, 6.45) is 6.30. The van der Waals surface area contributed by atoms with Crippen molar-refractivity contribution in [1.29, 1.82) is 0 Å². The minimum absolute atomic E-state index is 0.00755. The summed E-state index contributed by atoms with van der Waals surface area (Å²) in [4.78, 5) is 1.56. The summed E-state index contributed by atoms with van der Waals surface area (Å²) < 4.78 is 0. The van der Waals surface area contributed by atoms with Crippen molar-refractivity contribution in [2.45, 2.75) is 31.7 Å². The molecule has 100 valence electrons. The van der Waals surface area contributed by atoms with Crippen molar-refractivity contribution < 1.29 is 0 Å². The lowest BCUT2D eigenvalue weighted by Gasteiger charge is -2.13. The van der Waals surface area contributed by atoms with Gasteiger partial charge in [0.1, 0.15) is 5.69 Å². The summed E-state index contributed by atoms with van der Waals surface area (Å²) in [5, 5.41) is 8.41. The minimum atomic E-state index is 0.00755. The summed E-state index contributed by atoms with van der Waals surface area (Å²) in [6.45, 7) is 0. The largest absolute Gasteiger partial charge is 0.271 e. The zero-order chi connectivity index (χ0) is 13.2. The molecule has 0 radical (unpaired) electrons. The van der Waals surface area contributed by atoms with Crippen molar-refractivity contribution >= 4 is 0 Å². The van der Waals surface area contributed by atoms with Gasteiger partial charge in [-0.25, -0.2) is 0 Å². The molecule has 5 nitrogen and oxygen atoms in total. The Morgan fingerprint density at radius 2 is 2.21 bits per heavy atom. The molecule has 1 aromatic heterocycles. The molecule has 0 bridgehead atoms. The Balaban J connectivity index is 1.79. The van der Waals surface area contributed by atoms with Crippen LogP contribution in [-0.4, -0.2) is 15.0 Å². The Hall–Kier alpha value is -1.72. The fourth-order valence-electron chi connectivity index (χ4n) is 2.76. The highest BCUT2D eigenvalue weighted by Gasteiger charge is 2.16. The molecular weight excluding hydrogens is 238 g/mol. The van der Waals surface area contributed by atoms with Gasteiger partial charge in [0.25, 0.3) is 0 Å². The van der Waals surface area contributed by atoms with Crippen molar-refractivity contribution in [2.24, 2.45) is 12.9 Å². The standard InChI is InChI=1S/C14H19N5/c1-19-16-9-14(18-19)13(17-15)8-10-5-6-11-3-2-4-12(11)7-10/h5-7,9,13,17H,2-4,8,15H2,1H3. The Bertz CT molecular complexity index is 575. The fourth-order valence-corrected chi connectivity index (χ4v) is 2.76. The lowest BCUT2D eigenvalue weighted by molar-refractivity contribution is 0.525. The molecule has 0 fully saturated rings. The Labute approximate surface area is 112 Å². The second-order valence-corrected chi connectivity index (χ2v) is 5.14. The molecular formula is C14H19N5. The van der Waals surface area contributed by atoms with Gasteiger partial charge in [0.15, 0.2) is 0 Å². The van der Waals surface area contributed by atoms with Gasteiger partial charge < -0.3 is 0 Å². The van der Waals surface area contributed by atoms with E-state index in [1.54, 1.807) is 11.0 Å². The summed E-state index contributed by atoms with van der Waals surface area (Å²) in [7, 11) is 1.81. The normalized spacial score (nSPS) is 15.5. The molecule has 1 aliphatic carbocycles. The third-order valence-electron chi connectivity index (χ3n) is 3.78. The molecule has 0 spiro atoms. The monoisotopic (exact) mass is 257 g/mol. The van der Waals surface area contributed by atoms with E-state index >= 15 is 0 Å². The zero-order valence-electron chi connectivity index (χ0n) is 11.1. The number of hydrogen-bond donors (Lipinski definition) is 2. The highest BCUT2D eigenvalue weighted by molar-refractivity contribution is 5.35. The van der Waals surface area contributed by atoms with Crippen LogP contribution in [0.3, 0.4) is 0 Å². The first kappa shape index (κ1) is 12.3. The van der Waals surface area contributed by atoms with Gasteiger partial charge >= 0.3 is 0 Å². The number of nitrogens with zero attached hydrogens (tertiary/aromatic N) is 3. The van der Waals surface area contributed by atoms with E-state index in [0.29, 0.717) is 0 Å². The van der Waals surface area contributed by atoms with Crippen LogP contribution in [0.15, 0.2) is 24.4 Å². The number of nitrogens with one attached hydrogen (secondary N) is 1. The number of fused-ring (bicyclic) bond motifs is 1. The van der Waals surface area contributed by atoms with E-state index in [9.17, 15) is 0 Å². The third kappa shape index (κ3) is 2.52. The average Bonchev–Trinajstić information content (AvgIpc) is 3.04. The maximum absolute atomic E-state index is 5.65. The van der Waals surface area contributed by atoms with Crippen molar-refractivity contribution in [3.63, 3.8) is 0 Å². The molecule has 1 aromatic carbocycles. The van der Waals surface area contributed by atoms with Crippen molar-refractivity contribution in [3.8, 4) is 0 Å². The maximum atomic E-state index is 5.65. The molecule has 1 aliphatic rings. The van der Waals surface area contributed by atoms with Gasteiger partial charge in [-0.1, -0.05) is 18.2 Å². The quantitative estimate of drug-likeness (QED) is 0.634. The second kappa shape index (κ2) is 5.11. The smallest absolute Gasteiger partial charge is 0.101 e. The summed E-state index contributed by atoms with van der Waals surface area (Å²) in [5.41, 5.74) is 8.01. The van der Waals surface area contributed by atoms with Gasteiger partial charge in [0, 0.05) is 7.05 Å². The number of aromatic nitrogens is 3. The number of hydrogen-bond acceptors (Lipinski definition) is 4.